The zero-order valence-corrected chi connectivity index (χ0v) is 13.9. The van der Waals surface area contributed by atoms with Gasteiger partial charge >= 0.3 is 0 Å². The molecule has 0 spiro atoms. The highest BCUT2D eigenvalue weighted by atomic mass is 35.5. The number of hydrogen-bond donors (Lipinski definition) is 1. The molecule has 0 radical (unpaired) electrons. The van der Waals surface area contributed by atoms with Crippen LogP contribution in [0.5, 0.6) is 5.75 Å². The summed E-state index contributed by atoms with van der Waals surface area (Å²) in [5.74, 6) is 0.876. The van der Waals surface area contributed by atoms with Crippen molar-refractivity contribution in [3.8, 4) is 5.75 Å². The summed E-state index contributed by atoms with van der Waals surface area (Å²) in [5, 5.41) is 4.19. The van der Waals surface area contributed by atoms with Crippen molar-refractivity contribution in [2.75, 3.05) is 13.2 Å². The van der Waals surface area contributed by atoms with Gasteiger partial charge in [-0.15, -0.1) is 0 Å². The minimum Gasteiger partial charge on any atom is -0.489 e. The van der Waals surface area contributed by atoms with Gasteiger partial charge in [0.05, 0.1) is 6.10 Å². The molecule has 1 aliphatic heterocycles. The van der Waals surface area contributed by atoms with Crippen molar-refractivity contribution in [2.24, 2.45) is 0 Å². The predicted octanol–water partition coefficient (Wildman–Crippen LogP) is 4.19. The standard InChI is InChI=1S/C19H22ClNO2/c20-17-6-1-5-16(10-17)14-23-18-7-2-4-15(11-18)12-21-13-19-8-3-9-22-19/h1-2,4-7,10-11,19,21H,3,8-9,12-14H2/t19-/m0/s1. The summed E-state index contributed by atoms with van der Waals surface area (Å²) < 4.78 is 11.5. The van der Waals surface area contributed by atoms with Crippen molar-refractivity contribution in [1.82, 2.24) is 5.32 Å². The van der Waals surface area contributed by atoms with Crippen molar-refractivity contribution in [1.29, 1.82) is 0 Å². The zero-order valence-electron chi connectivity index (χ0n) is 13.1. The number of ether oxygens (including phenoxy) is 2. The molecule has 23 heavy (non-hydrogen) atoms. The van der Waals surface area contributed by atoms with Crippen LogP contribution in [0.2, 0.25) is 5.02 Å². The van der Waals surface area contributed by atoms with E-state index < -0.39 is 0 Å². The Bertz CT molecular complexity index is 626. The quantitative estimate of drug-likeness (QED) is 0.825. The van der Waals surface area contributed by atoms with E-state index in [1.54, 1.807) is 0 Å². The lowest BCUT2D eigenvalue weighted by molar-refractivity contribution is 0.110. The van der Waals surface area contributed by atoms with Gasteiger partial charge in [-0.3, -0.25) is 0 Å². The Morgan fingerprint density at radius 2 is 2.00 bits per heavy atom. The van der Waals surface area contributed by atoms with Crippen LogP contribution in [0.15, 0.2) is 48.5 Å². The first-order valence-corrected chi connectivity index (χ1v) is 8.46. The minimum atomic E-state index is 0.372. The van der Waals surface area contributed by atoms with Gasteiger partial charge < -0.3 is 14.8 Å². The minimum absolute atomic E-state index is 0.372. The Morgan fingerprint density at radius 1 is 1.13 bits per heavy atom. The summed E-state index contributed by atoms with van der Waals surface area (Å²) in [6.45, 7) is 3.16. The number of rotatable bonds is 7. The predicted molar refractivity (Wildman–Crippen MR) is 92.9 cm³/mol. The molecule has 1 aliphatic rings. The van der Waals surface area contributed by atoms with Crippen LogP contribution in [-0.4, -0.2) is 19.3 Å². The molecular formula is C19H22ClNO2. The second kappa shape index (κ2) is 8.34. The van der Waals surface area contributed by atoms with Crippen LogP contribution in [0.1, 0.15) is 24.0 Å². The smallest absolute Gasteiger partial charge is 0.120 e. The van der Waals surface area contributed by atoms with E-state index >= 15 is 0 Å². The van der Waals surface area contributed by atoms with Crippen LogP contribution in [0.25, 0.3) is 0 Å². The van der Waals surface area contributed by atoms with Gasteiger partial charge in [0.1, 0.15) is 12.4 Å². The highest BCUT2D eigenvalue weighted by Crippen LogP contribution is 2.17. The average Bonchev–Trinajstić information content (AvgIpc) is 3.07. The molecular weight excluding hydrogens is 310 g/mol. The van der Waals surface area contributed by atoms with Crippen LogP contribution in [-0.2, 0) is 17.9 Å². The highest BCUT2D eigenvalue weighted by molar-refractivity contribution is 6.30. The van der Waals surface area contributed by atoms with Crippen LogP contribution in [0.4, 0.5) is 0 Å². The van der Waals surface area contributed by atoms with Gasteiger partial charge in [0.2, 0.25) is 0 Å². The maximum Gasteiger partial charge on any atom is 0.120 e. The molecule has 0 unspecified atom stereocenters. The number of nitrogens with one attached hydrogen (secondary N) is 1. The van der Waals surface area contributed by atoms with Gasteiger partial charge in [-0.2, -0.15) is 0 Å². The normalized spacial score (nSPS) is 17.3. The fourth-order valence-corrected chi connectivity index (χ4v) is 2.93. The first-order chi connectivity index (χ1) is 11.3. The van der Waals surface area contributed by atoms with Gasteiger partial charge in [-0.05, 0) is 48.2 Å². The topological polar surface area (TPSA) is 30.5 Å². The second-order valence-corrected chi connectivity index (χ2v) is 6.27. The van der Waals surface area contributed by atoms with E-state index in [1.165, 1.54) is 12.0 Å². The van der Waals surface area contributed by atoms with Gasteiger partial charge in [0, 0.05) is 24.7 Å². The molecule has 1 atom stereocenters. The van der Waals surface area contributed by atoms with Gasteiger partial charge in [0.15, 0.2) is 0 Å². The van der Waals surface area contributed by atoms with Crippen LogP contribution in [0, 0.1) is 0 Å². The zero-order chi connectivity index (χ0) is 15.9. The molecule has 0 amide bonds. The summed E-state index contributed by atoms with van der Waals surface area (Å²) in [6, 6.07) is 15.9. The lowest BCUT2D eigenvalue weighted by Gasteiger charge is -2.12. The molecule has 2 aromatic carbocycles. The van der Waals surface area contributed by atoms with E-state index in [9.17, 15) is 0 Å². The Labute approximate surface area is 142 Å². The monoisotopic (exact) mass is 331 g/mol. The third-order valence-corrected chi connectivity index (χ3v) is 4.15. The number of halogens is 1. The molecule has 0 aromatic heterocycles. The lowest BCUT2D eigenvalue weighted by Crippen LogP contribution is -2.25. The number of benzene rings is 2. The van der Waals surface area contributed by atoms with Crippen LogP contribution in [0.3, 0.4) is 0 Å². The third kappa shape index (κ3) is 5.24. The molecule has 1 fully saturated rings. The van der Waals surface area contributed by atoms with Crippen molar-refractivity contribution in [3.63, 3.8) is 0 Å². The van der Waals surface area contributed by atoms with Crippen molar-refractivity contribution in [3.05, 3.63) is 64.7 Å². The molecule has 1 saturated heterocycles. The Balaban J connectivity index is 1.48. The van der Waals surface area contributed by atoms with Crippen LogP contribution < -0.4 is 10.1 Å². The van der Waals surface area contributed by atoms with E-state index in [1.807, 2.05) is 36.4 Å². The summed E-state index contributed by atoms with van der Waals surface area (Å²) in [4.78, 5) is 0. The van der Waals surface area contributed by atoms with Gasteiger partial charge in [-0.1, -0.05) is 35.9 Å². The Kier molecular flexibility index (Phi) is 5.92. The average molecular weight is 332 g/mol. The summed E-state index contributed by atoms with van der Waals surface area (Å²) in [7, 11) is 0. The first kappa shape index (κ1) is 16.3. The molecule has 0 aliphatic carbocycles. The molecule has 4 heteroatoms. The third-order valence-electron chi connectivity index (χ3n) is 3.92. The Hall–Kier alpha value is -1.55. The van der Waals surface area contributed by atoms with Crippen molar-refractivity contribution >= 4 is 11.6 Å². The largest absolute Gasteiger partial charge is 0.489 e. The first-order valence-electron chi connectivity index (χ1n) is 8.08. The molecule has 1 N–H and O–H groups in total. The highest BCUT2D eigenvalue weighted by Gasteiger charge is 2.14. The van der Waals surface area contributed by atoms with E-state index in [-0.39, 0.29) is 0 Å². The fourth-order valence-electron chi connectivity index (χ4n) is 2.72. The molecule has 0 bridgehead atoms. The van der Waals surface area contributed by atoms with Crippen molar-refractivity contribution in [2.45, 2.75) is 32.1 Å². The molecule has 122 valence electrons. The van der Waals surface area contributed by atoms with E-state index in [2.05, 4.69) is 17.4 Å². The summed E-state index contributed by atoms with van der Waals surface area (Å²) >= 11 is 5.99. The maximum atomic E-state index is 5.99. The van der Waals surface area contributed by atoms with Crippen molar-refractivity contribution < 1.29 is 9.47 Å². The van der Waals surface area contributed by atoms with Gasteiger partial charge in [-0.25, -0.2) is 0 Å². The molecule has 1 heterocycles. The molecule has 0 saturated carbocycles. The van der Waals surface area contributed by atoms with Gasteiger partial charge in [0.25, 0.3) is 0 Å². The number of hydrogen-bond acceptors (Lipinski definition) is 3. The molecule has 3 rings (SSSR count). The Morgan fingerprint density at radius 3 is 2.83 bits per heavy atom. The van der Waals surface area contributed by atoms with E-state index in [4.69, 9.17) is 21.1 Å². The van der Waals surface area contributed by atoms with Crippen LogP contribution >= 0.6 is 11.6 Å². The van der Waals surface area contributed by atoms with E-state index in [0.29, 0.717) is 12.7 Å². The summed E-state index contributed by atoms with van der Waals surface area (Å²) in [6.07, 6.45) is 2.71. The summed E-state index contributed by atoms with van der Waals surface area (Å²) in [5.41, 5.74) is 2.28. The fraction of sp³-hybridized carbons (Fsp3) is 0.368. The van der Waals surface area contributed by atoms with E-state index in [0.717, 1.165) is 42.5 Å². The SMILES string of the molecule is Clc1cccc(COc2cccc(CNC[C@@H]3CCCO3)c2)c1. The lowest BCUT2D eigenvalue weighted by atomic mass is 10.2. The maximum absolute atomic E-state index is 5.99. The second-order valence-electron chi connectivity index (χ2n) is 5.83. The molecule has 2 aromatic rings. The molecule has 3 nitrogen and oxygen atoms in total.